The number of aromatic nitrogens is 2. The van der Waals surface area contributed by atoms with Gasteiger partial charge in [0.15, 0.2) is 0 Å². The molecule has 30 heavy (non-hydrogen) atoms. The van der Waals surface area contributed by atoms with Crippen molar-refractivity contribution in [3.8, 4) is 0 Å². The molecule has 11 heteroatoms. The largest absolute Gasteiger partial charge is 0.433 e. The highest BCUT2D eigenvalue weighted by molar-refractivity contribution is 6.33. The van der Waals surface area contributed by atoms with Crippen molar-refractivity contribution in [2.24, 2.45) is 0 Å². The second-order valence-electron chi connectivity index (χ2n) is 7.13. The zero-order chi connectivity index (χ0) is 22.1. The number of rotatable bonds is 4. The molecule has 1 atom stereocenters. The smallest absolute Gasteiger partial charge is 0.387 e. The molecule has 0 saturated heterocycles. The van der Waals surface area contributed by atoms with Crippen molar-refractivity contribution in [3.63, 3.8) is 0 Å². The number of alkyl halides is 4. The predicted molar refractivity (Wildman–Crippen MR) is 102 cm³/mol. The Bertz CT molecular complexity index is 934. The molecule has 1 unspecified atom stereocenters. The van der Waals surface area contributed by atoms with E-state index >= 15 is 0 Å². The first-order valence-electron chi connectivity index (χ1n) is 9.01. The van der Waals surface area contributed by atoms with Crippen LogP contribution in [0.1, 0.15) is 53.5 Å². The molecule has 1 aliphatic carbocycles. The van der Waals surface area contributed by atoms with Gasteiger partial charge in [-0.05, 0) is 43.9 Å². The summed E-state index contributed by atoms with van der Waals surface area (Å²) in [6.45, 7) is 0. The summed E-state index contributed by atoms with van der Waals surface area (Å²) in [6, 6.07) is 2.29. The quantitative estimate of drug-likeness (QED) is 0.628. The fourth-order valence-electron chi connectivity index (χ4n) is 3.41. The molecule has 0 aliphatic heterocycles. The highest BCUT2D eigenvalue weighted by atomic mass is 35.5. The minimum absolute atomic E-state index is 0.0190. The van der Waals surface area contributed by atoms with E-state index in [-0.39, 0.29) is 41.4 Å². The highest BCUT2D eigenvalue weighted by Crippen LogP contribution is 2.40. The lowest BCUT2D eigenvalue weighted by molar-refractivity contribution is -0.141. The van der Waals surface area contributed by atoms with Crippen LogP contribution in [0.2, 0.25) is 10.0 Å². The van der Waals surface area contributed by atoms with E-state index in [1.165, 1.54) is 18.3 Å². The summed E-state index contributed by atoms with van der Waals surface area (Å²) in [4.78, 5) is 20.1. The molecule has 0 spiro atoms. The lowest BCUT2D eigenvalue weighted by Gasteiger charge is -2.40. The summed E-state index contributed by atoms with van der Waals surface area (Å²) >= 11 is 11.9. The van der Waals surface area contributed by atoms with Gasteiger partial charge in [-0.25, -0.2) is 4.39 Å². The molecule has 2 aromatic heterocycles. The van der Waals surface area contributed by atoms with Crippen molar-refractivity contribution >= 4 is 29.1 Å². The lowest BCUT2D eigenvalue weighted by Crippen LogP contribution is -2.49. The molecule has 3 rings (SSSR count). The Kier molecular flexibility index (Phi) is 6.54. The van der Waals surface area contributed by atoms with Gasteiger partial charge in [-0.15, -0.1) is 0 Å². The first-order chi connectivity index (χ1) is 14.0. The van der Waals surface area contributed by atoms with Gasteiger partial charge < -0.3 is 10.4 Å². The number of hydrogen-bond acceptors (Lipinski definition) is 4. The van der Waals surface area contributed by atoms with Gasteiger partial charge in [-0.2, -0.15) is 13.2 Å². The molecule has 1 amide bonds. The van der Waals surface area contributed by atoms with Crippen molar-refractivity contribution in [1.82, 2.24) is 15.3 Å². The average molecular weight is 466 g/mol. The van der Waals surface area contributed by atoms with E-state index in [2.05, 4.69) is 15.3 Å². The minimum atomic E-state index is -4.77. The number of nitrogens with zero attached hydrogens (tertiary/aromatic N) is 2. The van der Waals surface area contributed by atoms with Crippen LogP contribution >= 0.6 is 23.2 Å². The van der Waals surface area contributed by atoms with Gasteiger partial charge in [0, 0.05) is 17.4 Å². The van der Waals surface area contributed by atoms with Crippen molar-refractivity contribution in [2.75, 3.05) is 0 Å². The second kappa shape index (κ2) is 8.64. The molecule has 162 valence electrons. The van der Waals surface area contributed by atoms with E-state index in [0.29, 0.717) is 6.07 Å². The molecule has 2 N–H and O–H groups in total. The third-order valence-corrected chi connectivity index (χ3v) is 5.56. The van der Waals surface area contributed by atoms with Gasteiger partial charge in [-0.1, -0.05) is 23.2 Å². The molecule has 1 aliphatic rings. The molecule has 0 radical (unpaired) electrons. The van der Waals surface area contributed by atoms with Crippen molar-refractivity contribution in [3.05, 3.63) is 57.6 Å². The van der Waals surface area contributed by atoms with Crippen LogP contribution < -0.4 is 5.32 Å². The monoisotopic (exact) mass is 465 g/mol. The maximum Gasteiger partial charge on any atom is 0.433 e. The molecular formula is C19H17Cl2F4N3O2. The van der Waals surface area contributed by atoms with Crippen molar-refractivity contribution in [1.29, 1.82) is 0 Å². The fourth-order valence-corrected chi connectivity index (χ4v) is 3.77. The zero-order valence-electron chi connectivity index (χ0n) is 15.4. The Labute approximate surface area is 179 Å². The van der Waals surface area contributed by atoms with Crippen LogP contribution in [0.3, 0.4) is 0 Å². The third-order valence-electron chi connectivity index (χ3n) is 5.02. The summed E-state index contributed by atoms with van der Waals surface area (Å²) in [5, 5.41) is 13.6. The normalized spacial score (nSPS) is 23.1. The molecular weight excluding hydrogens is 449 g/mol. The van der Waals surface area contributed by atoms with E-state index in [0.717, 1.165) is 6.20 Å². The zero-order valence-corrected chi connectivity index (χ0v) is 16.9. The number of hydrogen-bond donors (Lipinski definition) is 2. The van der Waals surface area contributed by atoms with Gasteiger partial charge in [0.05, 0.1) is 21.9 Å². The number of nitrogens with one attached hydrogen (secondary N) is 1. The first-order valence-corrected chi connectivity index (χ1v) is 9.77. The van der Waals surface area contributed by atoms with E-state index < -0.39 is 41.2 Å². The maximum absolute atomic E-state index is 13.6. The van der Waals surface area contributed by atoms with Crippen molar-refractivity contribution in [2.45, 2.75) is 49.7 Å². The van der Waals surface area contributed by atoms with Gasteiger partial charge >= 0.3 is 6.18 Å². The minimum Gasteiger partial charge on any atom is -0.387 e. The van der Waals surface area contributed by atoms with Crippen molar-refractivity contribution < 1.29 is 27.5 Å². The molecule has 1 fully saturated rings. The number of amides is 1. The first kappa shape index (κ1) is 22.7. The Hall–Kier alpha value is -1.97. The summed E-state index contributed by atoms with van der Waals surface area (Å²) < 4.78 is 52.6. The number of pyridine rings is 2. The van der Waals surface area contributed by atoms with Crippen LogP contribution in [0.15, 0.2) is 30.6 Å². The van der Waals surface area contributed by atoms with Crippen LogP contribution in [-0.2, 0) is 6.18 Å². The molecule has 1 saturated carbocycles. The summed E-state index contributed by atoms with van der Waals surface area (Å²) in [7, 11) is 0. The summed E-state index contributed by atoms with van der Waals surface area (Å²) in [6.07, 6.45) is -3.59. The summed E-state index contributed by atoms with van der Waals surface area (Å²) in [5.74, 6) is -0.963. The number of carbonyl (C=O) groups excluding carboxylic acids is 1. The second-order valence-corrected chi connectivity index (χ2v) is 7.97. The molecule has 0 aromatic carbocycles. The third kappa shape index (κ3) is 5.01. The van der Waals surface area contributed by atoms with Gasteiger partial charge in [0.1, 0.15) is 17.9 Å². The molecule has 0 bridgehead atoms. The van der Waals surface area contributed by atoms with Crippen LogP contribution in [0.25, 0.3) is 0 Å². The molecule has 5 nitrogen and oxygen atoms in total. The number of aliphatic hydroxyl groups is 1. The SMILES string of the molecule is O=C(NC(c1cc(Cl)ccn1)[C@]1(O)CC[C@H](F)CC1)c1cc(C(F)(F)F)ncc1Cl. The Morgan fingerprint density at radius 3 is 2.50 bits per heavy atom. The van der Waals surface area contributed by atoms with E-state index in [1.54, 1.807) is 0 Å². The van der Waals surface area contributed by atoms with E-state index in [4.69, 9.17) is 23.2 Å². The lowest BCUT2D eigenvalue weighted by atomic mass is 9.77. The summed E-state index contributed by atoms with van der Waals surface area (Å²) in [5.41, 5.74) is -3.13. The van der Waals surface area contributed by atoms with Crippen LogP contribution in [-0.4, -0.2) is 32.8 Å². The molecule has 2 aromatic rings. The Balaban J connectivity index is 1.97. The van der Waals surface area contributed by atoms with Crippen LogP contribution in [0.4, 0.5) is 17.6 Å². The predicted octanol–water partition coefficient (Wildman–Crippen LogP) is 4.92. The topological polar surface area (TPSA) is 75.1 Å². The Morgan fingerprint density at radius 1 is 1.23 bits per heavy atom. The fraction of sp³-hybridized carbons (Fsp3) is 0.421. The van der Waals surface area contributed by atoms with Crippen LogP contribution in [0.5, 0.6) is 0 Å². The average Bonchev–Trinajstić information content (AvgIpc) is 2.67. The van der Waals surface area contributed by atoms with Gasteiger partial charge in [-0.3, -0.25) is 14.8 Å². The van der Waals surface area contributed by atoms with E-state index in [1.807, 2.05) is 0 Å². The van der Waals surface area contributed by atoms with Crippen LogP contribution in [0, 0.1) is 0 Å². The van der Waals surface area contributed by atoms with E-state index in [9.17, 15) is 27.5 Å². The highest BCUT2D eigenvalue weighted by Gasteiger charge is 2.43. The number of carbonyl (C=O) groups is 1. The Morgan fingerprint density at radius 2 is 1.90 bits per heavy atom. The molecule has 2 heterocycles. The van der Waals surface area contributed by atoms with Gasteiger partial charge in [0.25, 0.3) is 5.91 Å². The maximum atomic E-state index is 13.6. The number of halogens is 6. The van der Waals surface area contributed by atoms with Gasteiger partial charge in [0.2, 0.25) is 0 Å². The standard InChI is InChI=1S/C19H17Cl2F4N3O2/c20-10-3-6-26-14(7-10)16(18(30)4-1-11(22)2-5-18)28-17(29)12-8-15(19(23,24)25)27-9-13(12)21/h3,6-9,11,16,30H,1-2,4-5H2,(H,28,29)/t11-,16?,18-.